The minimum Gasteiger partial charge on any atom is -0.376 e. The predicted octanol–water partition coefficient (Wildman–Crippen LogP) is 1.62. The predicted molar refractivity (Wildman–Crippen MR) is 83.0 cm³/mol. The molecule has 1 amide bonds. The van der Waals surface area contributed by atoms with Crippen molar-refractivity contribution in [1.29, 1.82) is 0 Å². The third kappa shape index (κ3) is 3.40. The van der Waals surface area contributed by atoms with Gasteiger partial charge in [-0.25, -0.2) is 0 Å². The van der Waals surface area contributed by atoms with Gasteiger partial charge in [0.1, 0.15) is 18.3 Å². The Morgan fingerprint density at radius 1 is 1.26 bits per heavy atom. The van der Waals surface area contributed by atoms with Gasteiger partial charge in [0.25, 0.3) is 5.91 Å². The van der Waals surface area contributed by atoms with Crippen LogP contribution in [0.1, 0.15) is 29.8 Å². The van der Waals surface area contributed by atoms with Crippen LogP contribution in [0.3, 0.4) is 0 Å². The van der Waals surface area contributed by atoms with E-state index in [9.17, 15) is 4.79 Å². The zero-order valence-electron chi connectivity index (χ0n) is 13.9. The molecule has 2 aliphatic rings. The molecule has 1 aromatic rings. The Bertz CT molecular complexity index is 571. The molecule has 4 atom stereocenters. The van der Waals surface area contributed by atoms with Crippen LogP contribution in [0, 0.1) is 6.92 Å². The van der Waals surface area contributed by atoms with Crippen LogP contribution in [-0.4, -0.2) is 50.0 Å². The normalized spacial score (nSPS) is 31.8. The first-order chi connectivity index (χ1) is 10.9. The fourth-order valence-corrected chi connectivity index (χ4v) is 3.00. The number of benzene rings is 1. The maximum absolute atomic E-state index is 12.2. The molecule has 126 valence electrons. The van der Waals surface area contributed by atoms with Crippen molar-refractivity contribution in [3.8, 4) is 0 Å². The number of ether oxygens (including phenoxy) is 4. The first kappa shape index (κ1) is 16.4. The van der Waals surface area contributed by atoms with Gasteiger partial charge in [0, 0.05) is 19.2 Å². The summed E-state index contributed by atoms with van der Waals surface area (Å²) < 4.78 is 22.9. The highest BCUT2D eigenvalue weighted by atomic mass is 16.8. The molecule has 2 aliphatic heterocycles. The molecule has 0 aromatic heterocycles. The highest BCUT2D eigenvalue weighted by Crippen LogP contribution is 2.38. The number of aryl methyl sites for hydroxylation is 1. The lowest BCUT2D eigenvalue weighted by molar-refractivity contribution is -0.215. The molecule has 23 heavy (non-hydrogen) atoms. The van der Waals surface area contributed by atoms with Crippen molar-refractivity contribution in [2.24, 2.45) is 0 Å². The lowest BCUT2D eigenvalue weighted by Crippen LogP contribution is -2.42. The second-order valence-electron chi connectivity index (χ2n) is 6.42. The van der Waals surface area contributed by atoms with Crippen molar-refractivity contribution < 1.29 is 23.7 Å². The van der Waals surface area contributed by atoms with Gasteiger partial charge in [-0.1, -0.05) is 17.7 Å². The molecular weight excluding hydrogens is 298 g/mol. The van der Waals surface area contributed by atoms with Crippen molar-refractivity contribution in [2.75, 3.05) is 13.7 Å². The Morgan fingerprint density at radius 3 is 2.61 bits per heavy atom. The van der Waals surface area contributed by atoms with Crippen LogP contribution in [-0.2, 0) is 18.9 Å². The Labute approximate surface area is 136 Å². The SMILES string of the molecule is CO[C@@H]1[C@H]2OC(C)(C)O[C@H]2O[C@@H]1CNC(=O)c1ccc(C)cc1. The van der Waals surface area contributed by atoms with Crippen molar-refractivity contribution >= 4 is 5.91 Å². The van der Waals surface area contributed by atoms with Crippen LogP contribution in [0.5, 0.6) is 0 Å². The van der Waals surface area contributed by atoms with E-state index in [1.807, 2.05) is 32.9 Å². The van der Waals surface area contributed by atoms with E-state index in [1.165, 1.54) is 0 Å². The number of carbonyl (C=O) groups is 1. The molecule has 6 nitrogen and oxygen atoms in total. The molecule has 0 aliphatic carbocycles. The number of rotatable bonds is 4. The van der Waals surface area contributed by atoms with Gasteiger partial charge in [-0.05, 0) is 32.9 Å². The topological polar surface area (TPSA) is 66.0 Å². The van der Waals surface area contributed by atoms with Gasteiger partial charge in [-0.3, -0.25) is 4.79 Å². The summed E-state index contributed by atoms with van der Waals surface area (Å²) in [6.07, 6.45) is -1.33. The van der Waals surface area contributed by atoms with Crippen LogP contribution in [0.25, 0.3) is 0 Å². The summed E-state index contributed by atoms with van der Waals surface area (Å²) in [6.45, 7) is 6.01. The highest BCUT2D eigenvalue weighted by Gasteiger charge is 2.55. The third-order valence-corrected chi connectivity index (χ3v) is 4.14. The Morgan fingerprint density at radius 2 is 1.96 bits per heavy atom. The highest BCUT2D eigenvalue weighted by molar-refractivity contribution is 5.94. The molecule has 2 fully saturated rings. The second-order valence-corrected chi connectivity index (χ2v) is 6.42. The van der Waals surface area contributed by atoms with E-state index in [2.05, 4.69) is 5.32 Å². The Kier molecular flexibility index (Phi) is 4.42. The molecule has 0 unspecified atom stereocenters. The van der Waals surface area contributed by atoms with Crippen LogP contribution >= 0.6 is 0 Å². The quantitative estimate of drug-likeness (QED) is 0.913. The summed E-state index contributed by atoms with van der Waals surface area (Å²) in [5, 5.41) is 2.88. The van der Waals surface area contributed by atoms with Crippen molar-refractivity contribution in [2.45, 2.75) is 51.2 Å². The Balaban J connectivity index is 1.58. The fourth-order valence-electron chi connectivity index (χ4n) is 3.00. The second kappa shape index (κ2) is 6.20. The minimum absolute atomic E-state index is 0.136. The molecule has 0 bridgehead atoms. The summed E-state index contributed by atoms with van der Waals surface area (Å²) in [6, 6.07) is 7.43. The minimum atomic E-state index is -0.678. The Hall–Kier alpha value is -1.47. The average molecular weight is 321 g/mol. The van der Waals surface area contributed by atoms with E-state index in [-0.39, 0.29) is 24.2 Å². The van der Waals surface area contributed by atoms with Gasteiger partial charge in [0.05, 0.1) is 0 Å². The van der Waals surface area contributed by atoms with Gasteiger partial charge in [-0.15, -0.1) is 0 Å². The number of amides is 1. The molecule has 6 heteroatoms. The third-order valence-electron chi connectivity index (χ3n) is 4.14. The molecule has 3 rings (SSSR count). The lowest BCUT2D eigenvalue weighted by atomic mass is 10.1. The monoisotopic (exact) mass is 321 g/mol. The van der Waals surface area contributed by atoms with Crippen molar-refractivity contribution in [3.05, 3.63) is 35.4 Å². The number of nitrogens with one attached hydrogen (secondary N) is 1. The number of hydrogen-bond acceptors (Lipinski definition) is 5. The van der Waals surface area contributed by atoms with Crippen LogP contribution in [0.15, 0.2) is 24.3 Å². The van der Waals surface area contributed by atoms with E-state index >= 15 is 0 Å². The zero-order valence-corrected chi connectivity index (χ0v) is 13.9. The van der Waals surface area contributed by atoms with E-state index < -0.39 is 12.1 Å². The number of carbonyl (C=O) groups excluding carboxylic acids is 1. The first-order valence-electron chi connectivity index (χ1n) is 7.78. The first-order valence-corrected chi connectivity index (χ1v) is 7.78. The van der Waals surface area contributed by atoms with Crippen molar-refractivity contribution in [1.82, 2.24) is 5.32 Å². The summed E-state index contributed by atoms with van der Waals surface area (Å²) in [5.74, 6) is -0.815. The smallest absolute Gasteiger partial charge is 0.251 e. The number of fused-ring (bicyclic) bond motifs is 1. The van der Waals surface area contributed by atoms with E-state index in [0.29, 0.717) is 12.1 Å². The van der Waals surface area contributed by atoms with E-state index in [0.717, 1.165) is 5.56 Å². The summed E-state index contributed by atoms with van der Waals surface area (Å²) in [7, 11) is 1.61. The van der Waals surface area contributed by atoms with E-state index in [4.69, 9.17) is 18.9 Å². The number of methoxy groups -OCH3 is 1. The fraction of sp³-hybridized carbons (Fsp3) is 0.588. The zero-order chi connectivity index (χ0) is 16.6. The molecule has 1 N–H and O–H groups in total. The molecule has 0 saturated carbocycles. The maximum atomic E-state index is 12.2. The molecule has 1 aromatic carbocycles. The van der Waals surface area contributed by atoms with E-state index in [1.54, 1.807) is 19.2 Å². The van der Waals surface area contributed by atoms with Gasteiger partial charge in [0.15, 0.2) is 12.1 Å². The summed E-state index contributed by atoms with van der Waals surface area (Å²) in [5.41, 5.74) is 1.74. The molecular formula is C17H23NO5. The average Bonchev–Trinajstić information content (AvgIpc) is 2.96. The van der Waals surface area contributed by atoms with Gasteiger partial charge in [-0.2, -0.15) is 0 Å². The van der Waals surface area contributed by atoms with Gasteiger partial charge >= 0.3 is 0 Å². The largest absolute Gasteiger partial charge is 0.376 e. The van der Waals surface area contributed by atoms with Crippen LogP contribution in [0.4, 0.5) is 0 Å². The summed E-state index contributed by atoms with van der Waals surface area (Å²) >= 11 is 0. The molecule has 2 heterocycles. The van der Waals surface area contributed by atoms with Crippen LogP contribution < -0.4 is 5.32 Å². The number of hydrogen-bond donors (Lipinski definition) is 1. The maximum Gasteiger partial charge on any atom is 0.251 e. The summed E-state index contributed by atoms with van der Waals surface area (Å²) in [4.78, 5) is 12.2. The standard InChI is InChI=1S/C17H23NO5/c1-10-5-7-11(8-6-10)15(19)18-9-12-13(20-4)14-16(21-12)23-17(2,3)22-14/h5-8,12-14,16H,9H2,1-4H3,(H,18,19)/t12-,13+,14-,16-/m1/s1. The lowest BCUT2D eigenvalue weighted by Gasteiger charge is -2.25. The molecule has 0 spiro atoms. The van der Waals surface area contributed by atoms with Gasteiger partial charge < -0.3 is 24.3 Å². The van der Waals surface area contributed by atoms with Crippen molar-refractivity contribution in [3.63, 3.8) is 0 Å². The molecule has 0 radical (unpaired) electrons. The molecule has 2 saturated heterocycles. The van der Waals surface area contributed by atoms with Gasteiger partial charge in [0.2, 0.25) is 0 Å². The van der Waals surface area contributed by atoms with Crippen LogP contribution in [0.2, 0.25) is 0 Å².